The monoisotopic (exact) mass is 734 g/mol. The highest BCUT2D eigenvalue weighted by atomic mass is 32.2. The van der Waals surface area contributed by atoms with Gasteiger partial charge in [-0.3, -0.25) is 4.98 Å². The Kier molecular flexibility index (Phi) is 6.58. The minimum Gasteiger partial charge on any atom is -0.454 e. The number of rotatable bonds is 2. The van der Waals surface area contributed by atoms with Crippen molar-refractivity contribution in [2.24, 2.45) is 0 Å². The maximum Gasteiger partial charge on any atom is 0.150 e. The molecular weight excluding hydrogens is 697 g/mol. The zero-order valence-corrected chi connectivity index (χ0v) is 32.8. The summed E-state index contributed by atoms with van der Waals surface area (Å²) in [6.07, 6.45) is 3.76. The number of nitrogens with zero attached hydrogens (tertiary/aromatic N) is 2. The van der Waals surface area contributed by atoms with E-state index in [0.717, 1.165) is 43.8 Å². The number of hydrogen-bond acceptors (Lipinski definition) is 5. The van der Waals surface area contributed by atoms with E-state index < -0.39 is 0 Å². The van der Waals surface area contributed by atoms with Gasteiger partial charge in [-0.15, -0.1) is 0 Å². The number of ether oxygens (including phenoxy) is 1. The number of benzene rings is 6. The maximum absolute atomic E-state index is 7.02. The van der Waals surface area contributed by atoms with E-state index >= 15 is 0 Å². The molecule has 0 fully saturated rings. The molecule has 262 valence electrons. The van der Waals surface area contributed by atoms with Crippen LogP contribution in [0.3, 0.4) is 0 Å². The number of fused-ring (bicyclic) bond motifs is 12. The molecule has 2 aliphatic heterocycles. The normalized spacial score (nSPS) is 16.8. The zero-order chi connectivity index (χ0) is 36.7. The van der Waals surface area contributed by atoms with Gasteiger partial charge in [-0.05, 0) is 74.8 Å². The predicted molar refractivity (Wildman–Crippen MR) is 221 cm³/mol. The predicted octanol–water partition coefficient (Wildman–Crippen LogP) is 13.5. The van der Waals surface area contributed by atoms with Gasteiger partial charge in [-0.2, -0.15) is 0 Å². The first-order valence-electron chi connectivity index (χ1n) is 18.7. The standard InChI is InChI=1S/C49H38N2OS2/c1-47(2)31-14-8-7-12-28(31)42-33(47)22-23-41-45(42)52-44-30(13-11-17-40(44)53-41)38-26-50-25-37(51-38)27-18-19-29-36(24-27)49(5,6)34-20-21-35-46(43(29)34)54-39-16-10-9-15-32(39)48(35,3)4/h7-26H,1-6H3. The lowest BCUT2D eigenvalue weighted by atomic mass is 9.75. The second kappa shape index (κ2) is 11.0. The Morgan fingerprint density at radius 3 is 1.96 bits per heavy atom. The van der Waals surface area contributed by atoms with E-state index in [2.05, 4.69) is 151 Å². The lowest BCUT2D eigenvalue weighted by molar-refractivity contribution is 0.457. The second-order valence-electron chi connectivity index (χ2n) is 16.6. The third-order valence-corrected chi connectivity index (χ3v) is 14.8. The SMILES string of the molecule is CC1(C)c2ccccc2Sc2c1ccc1c2-c2ccc(-c3cncc(-c4cccc5c4Oc4c(ccc6c4-c4ccccc4C6(C)C)S5)n3)cc2C1(C)C. The van der Waals surface area contributed by atoms with Crippen LogP contribution in [0.2, 0.25) is 0 Å². The van der Waals surface area contributed by atoms with Gasteiger partial charge in [0, 0.05) is 48.3 Å². The quantitative estimate of drug-likeness (QED) is 0.177. The molecule has 3 heterocycles. The molecule has 0 radical (unpaired) electrons. The van der Waals surface area contributed by atoms with Gasteiger partial charge in [-0.1, -0.05) is 144 Å². The van der Waals surface area contributed by atoms with Crippen LogP contribution in [0, 0.1) is 0 Å². The lowest BCUT2D eigenvalue weighted by Gasteiger charge is -2.36. The summed E-state index contributed by atoms with van der Waals surface area (Å²) in [5, 5.41) is 0. The fraction of sp³-hybridized carbons (Fsp3) is 0.184. The Bertz CT molecular complexity index is 2800. The summed E-state index contributed by atoms with van der Waals surface area (Å²) in [6.45, 7) is 14.1. The molecule has 5 heteroatoms. The zero-order valence-electron chi connectivity index (χ0n) is 31.2. The smallest absolute Gasteiger partial charge is 0.150 e. The number of para-hydroxylation sites is 1. The van der Waals surface area contributed by atoms with Crippen molar-refractivity contribution in [3.05, 3.63) is 155 Å². The van der Waals surface area contributed by atoms with Gasteiger partial charge in [-0.25, -0.2) is 4.98 Å². The molecule has 0 unspecified atom stereocenters. The van der Waals surface area contributed by atoms with Crippen molar-refractivity contribution < 1.29 is 4.74 Å². The maximum atomic E-state index is 7.02. The Balaban J connectivity index is 0.991. The van der Waals surface area contributed by atoms with E-state index in [1.807, 2.05) is 24.2 Å². The van der Waals surface area contributed by atoms with E-state index in [1.165, 1.54) is 65.4 Å². The van der Waals surface area contributed by atoms with Crippen LogP contribution in [0.5, 0.6) is 11.5 Å². The van der Waals surface area contributed by atoms with E-state index in [1.54, 1.807) is 11.8 Å². The van der Waals surface area contributed by atoms with Crippen molar-refractivity contribution in [1.29, 1.82) is 0 Å². The molecule has 0 saturated carbocycles. The molecule has 0 bridgehead atoms. The van der Waals surface area contributed by atoms with E-state index in [9.17, 15) is 0 Å². The highest BCUT2D eigenvalue weighted by molar-refractivity contribution is 8.00. The van der Waals surface area contributed by atoms with Crippen molar-refractivity contribution in [2.75, 3.05) is 0 Å². The van der Waals surface area contributed by atoms with E-state index in [0.29, 0.717) is 0 Å². The molecule has 4 aliphatic rings. The molecule has 1 aromatic heterocycles. The van der Waals surface area contributed by atoms with Gasteiger partial charge in [0.2, 0.25) is 0 Å². The summed E-state index contributed by atoms with van der Waals surface area (Å²) in [6, 6.07) is 40.2. The van der Waals surface area contributed by atoms with Crippen LogP contribution in [0.25, 0.3) is 44.8 Å². The Hall–Kier alpha value is -5.10. The van der Waals surface area contributed by atoms with Gasteiger partial charge in [0.15, 0.2) is 5.75 Å². The molecule has 6 aromatic carbocycles. The third kappa shape index (κ3) is 4.28. The molecule has 3 nitrogen and oxygen atoms in total. The van der Waals surface area contributed by atoms with Gasteiger partial charge in [0.1, 0.15) is 5.75 Å². The van der Waals surface area contributed by atoms with E-state index in [4.69, 9.17) is 14.7 Å². The minimum absolute atomic E-state index is 0.0723. The molecule has 0 saturated heterocycles. The molecular formula is C49H38N2OS2. The minimum atomic E-state index is -0.160. The van der Waals surface area contributed by atoms with Gasteiger partial charge < -0.3 is 4.74 Å². The fourth-order valence-electron chi connectivity index (χ4n) is 9.56. The van der Waals surface area contributed by atoms with E-state index in [-0.39, 0.29) is 16.2 Å². The van der Waals surface area contributed by atoms with Crippen LogP contribution >= 0.6 is 23.5 Å². The first-order valence-corrected chi connectivity index (χ1v) is 20.4. The summed E-state index contributed by atoms with van der Waals surface area (Å²) in [7, 11) is 0. The summed E-state index contributed by atoms with van der Waals surface area (Å²) in [5.74, 6) is 1.78. The van der Waals surface area contributed by atoms with Crippen LogP contribution in [-0.2, 0) is 16.2 Å². The van der Waals surface area contributed by atoms with Crippen LogP contribution in [0.1, 0.15) is 74.9 Å². The molecule has 0 spiro atoms. The van der Waals surface area contributed by atoms with Gasteiger partial charge in [0.05, 0.1) is 33.6 Å². The average molecular weight is 735 g/mol. The second-order valence-corrected chi connectivity index (χ2v) is 18.7. The average Bonchev–Trinajstić information content (AvgIpc) is 3.56. The first kappa shape index (κ1) is 32.3. The first-order chi connectivity index (χ1) is 26.0. The highest BCUT2D eigenvalue weighted by Crippen LogP contribution is 2.61. The Morgan fingerprint density at radius 1 is 0.463 bits per heavy atom. The lowest BCUT2D eigenvalue weighted by Crippen LogP contribution is -2.24. The van der Waals surface area contributed by atoms with Crippen LogP contribution in [0.4, 0.5) is 0 Å². The van der Waals surface area contributed by atoms with Gasteiger partial charge >= 0.3 is 0 Å². The Morgan fingerprint density at radius 2 is 1.09 bits per heavy atom. The van der Waals surface area contributed by atoms with Gasteiger partial charge in [0.25, 0.3) is 0 Å². The molecule has 54 heavy (non-hydrogen) atoms. The molecule has 2 aliphatic carbocycles. The Labute approximate surface area is 325 Å². The molecule has 0 atom stereocenters. The fourth-order valence-corrected chi connectivity index (χ4v) is 12.1. The number of aromatic nitrogens is 2. The third-order valence-electron chi connectivity index (χ3n) is 12.5. The summed E-state index contributed by atoms with van der Waals surface area (Å²) < 4.78 is 7.02. The van der Waals surface area contributed by atoms with Crippen molar-refractivity contribution in [1.82, 2.24) is 9.97 Å². The largest absolute Gasteiger partial charge is 0.454 e. The summed E-state index contributed by atoms with van der Waals surface area (Å²) >= 11 is 3.70. The van der Waals surface area contributed by atoms with Crippen LogP contribution in [-0.4, -0.2) is 9.97 Å². The molecule has 0 N–H and O–H groups in total. The van der Waals surface area contributed by atoms with Crippen molar-refractivity contribution >= 4 is 23.5 Å². The number of hydrogen-bond donors (Lipinski definition) is 0. The molecule has 11 rings (SSSR count). The topological polar surface area (TPSA) is 35.0 Å². The van der Waals surface area contributed by atoms with Crippen LogP contribution < -0.4 is 4.74 Å². The highest BCUT2D eigenvalue weighted by Gasteiger charge is 2.43. The van der Waals surface area contributed by atoms with Crippen LogP contribution in [0.15, 0.2) is 141 Å². The van der Waals surface area contributed by atoms with Crippen molar-refractivity contribution in [2.45, 2.75) is 77.4 Å². The van der Waals surface area contributed by atoms with Crippen molar-refractivity contribution in [3.8, 4) is 56.3 Å². The summed E-state index contributed by atoms with van der Waals surface area (Å²) in [4.78, 5) is 15.0. The van der Waals surface area contributed by atoms with Crippen molar-refractivity contribution in [3.63, 3.8) is 0 Å². The summed E-state index contributed by atoms with van der Waals surface area (Å²) in [5.41, 5.74) is 16.7. The molecule has 0 amide bonds. The molecule has 7 aromatic rings.